The fraction of sp³-hybridized carbons (Fsp3) is 0.375. The molecule has 2 atom stereocenters. The van der Waals surface area contributed by atoms with E-state index in [9.17, 15) is 4.79 Å². The average molecular weight is 419 g/mol. The van der Waals surface area contributed by atoms with E-state index in [-0.39, 0.29) is 17.5 Å². The lowest BCUT2D eigenvalue weighted by atomic mass is 9.89. The third-order valence-corrected chi connectivity index (χ3v) is 5.93. The Morgan fingerprint density at radius 1 is 1.10 bits per heavy atom. The van der Waals surface area contributed by atoms with Gasteiger partial charge in [0.1, 0.15) is 0 Å². The quantitative estimate of drug-likeness (QED) is 0.609. The summed E-state index contributed by atoms with van der Waals surface area (Å²) >= 11 is 0. The van der Waals surface area contributed by atoms with Crippen LogP contribution in [0.15, 0.2) is 65.6 Å². The van der Waals surface area contributed by atoms with E-state index in [1.807, 2.05) is 30.5 Å². The Morgan fingerprint density at radius 3 is 2.61 bits per heavy atom. The van der Waals surface area contributed by atoms with Crippen LogP contribution in [0.3, 0.4) is 0 Å². The van der Waals surface area contributed by atoms with Crippen LogP contribution < -0.4 is 15.8 Å². The van der Waals surface area contributed by atoms with Crippen molar-refractivity contribution in [2.75, 3.05) is 36.4 Å². The summed E-state index contributed by atoms with van der Waals surface area (Å²) in [6.45, 7) is 8.17. The van der Waals surface area contributed by atoms with Gasteiger partial charge in [-0.05, 0) is 38.2 Å². The molecule has 0 fully saturated rings. The Labute approximate surface area is 183 Å². The van der Waals surface area contributed by atoms with Crippen molar-refractivity contribution in [2.45, 2.75) is 26.3 Å². The first-order valence-corrected chi connectivity index (χ1v) is 11.0. The molecule has 0 spiro atoms. The maximum atomic E-state index is 12.9. The standard InChI is InChI=1S/C24H30N6O/c1-3-29(4-2)16-10-15-25-24-26-23(31)22(27-28-24)20-17-30(18-11-6-5-7-12-18)21-14-9-8-13-19(20)21/h5-9,11-14,17,19,21H,3-4,10,15-16H2,1-2H3,(H2,25,26,28,31)/t19?,21-/m0/s1. The van der Waals surface area contributed by atoms with Crippen molar-refractivity contribution in [3.05, 3.63) is 76.9 Å². The highest BCUT2D eigenvalue weighted by Gasteiger charge is 2.36. The second-order valence-corrected chi connectivity index (χ2v) is 7.77. The minimum absolute atomic E-state index is 0.0634. The Kier molecular flexibility index (Phi) is 6.62. The lowest BCUT2D eigenvalue weighted by Crippen LogP contribution is -2.31. The third kappa shape index (κ3) is 4.61. The molecule has 2 aromatic rings. The molecule has 2 heterocycles. The fourth-order valence-corrected chi connectivity index (χ4v) is 4.19. The van der Waals surface area contributed by atoms with Gasteiger partial charge in [0.15, 0.2) is 5.69 Å². The number of allylic oxidation sites excluding steroid dienone is 2. The smallest absolute Gasteiger partial charge is 0.278 e. The number of aromatic amines is 1. The summed E-state index contributed by atoms with van der Waals surface area (Å²) in [4.78, 5) is 20.3. The van der Waals surface area contributed by atoms with Gasteiger partial charge in [0.25, 0.3) is 5.56 Å². The topological polar surface area (TPSA) is 77.2 Å². The second-order valence-electron chi connectivity index (χ2n) is 7.77. The summed E-state index contributed by atoms with van der Waals surface area (Å²) in [6.07, 6.45) is 11.4. The molecular formula is C24H30N6O. The molecule has 1 aromatic heterocycles. The second kappa shape index (κ2) is 9.75. The van der Waals surface area contributed by atoms with Crippen molar-refractivity contribution in [3.63, 3.8) is 0 Å². The number of H-pyrrole nitrogens is 1. The highest BCUT2D eigenvalue weighted by molar-refractivity contribution is 5.76. The summed E-state index contributed by atoms with van der Waals surface area (Å²) < 4.78 is 0. The normalized spacial score (nSPS) is 19.6. The zero-order chi connectivity index (χ0) is 21.6. The zero-order valence-corrected chi connectivity index (χ0v) is 18.2. The highest BCUT2D eigenvalue weighted by atomic mass is 16.1. The predicted molar refractivity (Wildman–Crippen MR) is 126 cm³/mol. The van der Waals surface area contributed by atoms with Gasteiger partial charge in [-0.25, -0.2) is 0 Å². The van der Waals surface area contributed by atoms with Gasteiger partial charge in [-0.2, -0.15) is 0 Å². The minimum Gasteiger partial charge on any atom is -0.354 e. The van der Waals surface area contributed by atoms with Gasteiger partial charge >= 0.3 is 0 Å². The van der Waals surface area contributed by atoms with Crippen LogP contribution >= 0.6 is 0 Å². The maximum absolute atomic E-state index is 12.9. The van der Waals surface area contributed by atoms with E-state index >= 15 is 0 Å². The molecule has 2 N–H and O–H groups in total. The van der Waals surface area contributed by atoms with Crippen molar-refractivity contribution in [1.29, 1.82) is 0 Å². The number of nitrogens with zero attached hydrogens (tertiary/aromatic N) is 4. The number of fused-ring (bicyclic) bond motifs is 1. The Hall–Kier alpha value is -3.19. The zero-order valence-electron chi connectivity index (χ0n) is 18.2. The van der Waals surface area contributed by atoms with Crippen LogP contribution in [0, 0.1) is 5.92 Å². The molecule has 0 bridgehead atoms. The number of nitrogens with one attached hydrogen (secondary N) is 2. The Balaban J connectivity index is 1.50. The number of hydrogen-bond donors (Lipinski definition) is 2. The molecule has 2 aliphatic rings. The van der Waals surface area contributed by atoms with Crippen LogP contribution in [0.5, 0.6) is 0 Å². The molecule has 0 radical (unpaired) electrons. The fourth-order valence-electron chi connectivity index (χ4n) is 4.19. The lowest BCUT2D eigenvalue weighted by molar-refractivity contribution is 0.303. The van der Waals surface area contributed by atoms with Gasteiger partial charge in [-0.15, -0.1) is 10.2 Å². The largest absolute Gasteiger partial charge is 0.354 e. The van der Waals surface area contributed by atoms with Crippen LogP contribution in [-0.2, 0) is 0 Å². The molecule has 1 unspecified atom stereocenters. The number of rotatable bonds is 9. The van der Waals surface area contributed by atoms with Gasteiger partial charge in [-0.3, -0.25) is 9.78 Å². The average Bonchev–Trinajstić information content (AvgIpc) is 3.19. The number of aromatic nitrogens is 3. The van der Waals surface area contributed by atoms with Crippen LogP contribution in [0.2, 0.25) is 0 Å². The molecule has 0 saturated carbocycles. The van der Waals surface area contributed by atoms with Crippen LogP contribution in [-0.4, -0.2) is 52.3 Å². The van der Waals surface area contributed by atoms with E-state index in [1.165, 1.54) is 0 Å². The molecule has 7 heteroatoms. The van der Waals surface area contributed by atoms with Crippen molar-refractivity contribution in [3.8, 4) is 0 Å². The van der Waals surface area contributed by atoms with Gasteiger partial charge in [0.05, 0.1) is 6.04 Å². The third-order valence-electron chi connectivity index (χ3n) is 5.93. The summed E-state index contributed by atoms with van der Waals surface area (Å²) in [5, 5.41) is 11.7. The number of benzene rings is 1. The molecule has 7 nitrogen and oxygen atoms in total. The number of para-hydroxylation sites is 1. The minimum atomic E-state index is -0.218. The van der Waals surface area contributed by atoms with E-state index in [0.29, 0.717) is 11.6 Å². The Morgan fingerprint density at radius 2 is 1.87 bits per heavy atom. The first-order chi connectivity index (χ1) is 15.2. The molecule has 162 valence electrons. The van der Waals surface area contributed by atoms with E-state index < -0.39 is 0 Å². The maximum Gasteiger partial charge on any atom is 0.278 e. The molecule has 1 aromatic carbocycles. The van der Waals surface area contributed by atoms with Crippen molar-refractivity contribution >= 4 is 17.2 Å². The van der Waals surface area contributed by atoms with Gasteiger partial charge < -0.3 is 15.1 Å². The molecule has 1 aliphatic heterocycles. The highest BCUT2D eigenvalue weighted by Crippen LogP contribution is 2.39. The van der Waals surface area contributed by atoms with E-state index in [1.54, 1.807) is 0 Å². The molecule has 0 saturated heterocycles. The van der Waals surface area contributed by atoms with Gasteiger partial charge in [0.2, 0.25) is 5.95 Å². The first-order valence-electron chi connectivity index (χ1n) is 11.0. The summed E-state index contributed by atoms with van der Waals surface area (Å²) in [5.41, 5.74) is 2.13. The summed E-state index contributed by atoms with van der Waals surface area (Å²) in [6, 6.07) is 10.3. The SMILES string of the molecule is CCN(CC)CCCNc1nnc(C2=CN(c3ccccc3)[C@H]3C=CC=CC23)c(=O)[nH]1. The van der Waals surface area contributed by atoms with Crippen LogP contribution in [0.4, 0.5) is 11.6 Å². The van der Waals surface area contributed by atoms with Gasteiger partial charge in [-0.1, -0.05) is 56.4 Å². The summed E-state index contributed by atoms with van der Waals surface area (Å²) in [5.74, 6) is 0.482. The molecule has 4 rings (SSSR count). The Bertz CT molecular complexity index is 1020. The monoisotopic (exact) mass is 418 g/mol. The molecule has 31 heavy (non-hydrogen) atoms. The van der Waals surface area contributed by atoms with Gasteiger partial charge in [0, 0.05) is 29.9 Å². The number of anilines is 2. The van der Waals surface area contributed by atoms with Crippen molar-refractivity contribution in [1.82, 2.24) is 20.1 Å². The molecular weight excluding hydrogens is 388 g/mol. The predicted octanol–water partition coefficient (Wildman–Crippen LogP) is 3.28. The molecule has 0 amide bonds. The van der Waals surface area contributed by atoms with E-state index in [0.717, 1.165) is 43.9 Å². The molecule has 1 aliphatic carbocycles. The van der Waals surface area contributed by atoms with E-state index in [2.05, 4.69) is 74.5 Å². The first kappa shape index (κ1) is 21.1. The van der Waals surface area contributed by atoms with Crippen LogP contribution in [0.1, 0.15) is 26.0 Å². The summed E-state index contributed by atoms with van der Waals surface area (Å²) in [7, 11) is 0. The van der Waals surface area contributed by atoms with Crippen molar-refractivity contribution < 1.29 is 0 Å². The van der Waals surface area contributed by atoms with E-state index in [4.69, 9.17) is 0 Å². The number of hydrogen-bond acceptors (Lipinski definition) is 6. The van der Waals surface area contributed by atoms with Crippen molar-refractivity contribution in [2.24, 2.45) is 5.92 Å². The lowest BCUT2D eigenvalue weighted by Gasteiger charge is -2.27. The van der Waals surface area contributed by atoms with Crippen LogP contribution in [0.25, 0.3) is 5.57 Å².